The smallest absolute Gasteiger partial charge is 0.365 e. The summed E-state index contributed by atoms with van der Waals surface area (Å²) in [4.78, 5) is 11.2. The van der Waals surface area contributed by atoms with Crippen molar-refractivity contribution in [1.29, 1.82) is 0 Å². The predicted molar refractivity (Wildman–Crippen MR) is 41.9 cm³/mol. The molecule has 68 valence electrons. The van der Waals surface area contributed by atoms with Crippen LogP contribution in [0.15, 0.2) is 0 Å². The Morgan fingerprint density at radius 3 is 3.08 bits per heavy atom. The highest BCUT2D eigenvalue weighted by molar-refractivity contribution is 5.75. The van der Waals surface area contributed by atoms with Crippen LogP contribution in [-0.2, 0) is 9.53 Å². The van der Waals surface area contributed by atoms with Crippen molar-refractivity contribution in [2.24, 2.45) is 0 Å². The number of quaternary nitrogens is 1. The van der Waals surface area contributed by atoms with Crippen LogP contribution in [0.25, 0.3) is 0 Å². The number of carbonyl (C=O) groups is 1. The lowest BCUT2D eigenvalue weighted by Gasteiger charge is -2.50. The second kappa shape index (κ2) is 2.44. The maximum absolute atomic E-state index is 12.1. The molecule has 0 radical (unpaired) electrons. The molecule has 0 N–H and O–H groups in total. The lowest BCUT2D eigenvalue weighted by molar-refractivity contribution is -0.912. The number of fused-ring (bicyclic) bond motifs is 1. The van der Waals surface area contributed by atoms with Crippen molar-refractivity contribution >= 4 is 5.97 Å². The molecular formula is C8H13NO3. The fourth-order valence-electron chi connectivity index (χ4n) is 2.16. The first-order valence-corrected chi connectivity index (χ1v) is 4.39. The van der Waals surface area contributed by atoms with Crippen LogP contribution >= 0.6 is 0 Å². The number of hydrogen-bond donors (Lipinski definition) is 0. The minimum Gasteiger partial charge on any atom is -0.632 e. The molecule has 0 amide bonds. The Bertz CT molecular complexity index is 218. The van der Waals surface area contributed by atoms with E-state index in [0.717, 1.165) is 6.42 Å². The molecule has 0 aromatic carbocycles. The normalized spacial score (nSPS) is 47.0. The van der Waals surface area contributed by atoms with Crippen molar-refractivity contribution in [3.63, 3.8) is 0 Å². The molecule has 0 saturated carbocycles. The Balaban J connectivity index is 2.27. The van der Waals surface area contributed by atoms with E-state index in [1.54, 1.807) is 0 Å². The fourth-order valence-corrected chi connectivity index (χ4v) is 2.16. The molecule has 2 saturated heterocycles. The first-order chi connectivity index (χ1) is 5.64. The van der Waals surface area contributed by atoms with E-state index in [2.05, 4.69) is 0 Å². The summed E-state index contributed by atoms with van der Waals surface area (Å²) in [5.74, 6) is -0.291. The first kappa shape index (κ1) is 8.01. The summed E-state index contributed by atoms with van der Waals surface area (Å²) in [7, 11) is 0. The molecule has 3 atom stereocenters. The van der Waals surface area contributed by atoms with Crippen LogP contribution in [0.1, 0.15) is 19.8 Å². The maximum atomic E-state index is 12.1. The van der Waals surface area contributed by atoms with E-state index in [-0.39, 0.29) is 16.7 Å². The Labute approximate surface area is 71.3 Å². The van der Waals surface area contributed by atoms with E-state index < -0.39 is 6.04 Å². The van der Waals surface area contributed by atoms with E-state index >= 15 is 0 Å². The highest BCUT2D eigenvalue weighted by Crippen LogP contribution is 2.32. The van der Waals surface area contributed by atoms with Crippen molar-refractivity contribution in [3.8, 4) is 0 Å². The van der Waals surface area contributed by atoms with Gasteiger partial charge in [-0.05, 0) is 6.92 Å². The Hall–Kier alpha value is -0.610. The van der Waals surface area contributed by atoms with Crippen LogP contribution in [0, 0.1) is 5.21 Å². The van der Waals surface area contributed by atoms with Gasteiger partial charge in [0.15, 0.2) is 6.04 Å². The van der Waals surface area contributed by atoms with Crippen molar-refractivity contribution in [1.82, 2.24) is 0 Å². The molecule has 0 bridgehead atoms. The van der Waals surface area contributed by atoms with Crippen LogP contribution in [-0.4, -0.2) is 35.9 Å². The maximum Gasteiger partial charge on any atom is 0.365 e. The number of hydrogen-bond acceptors (Lipinski definition) is 3. The molecule has 2 aliphatic heterocycles. The van der Waals surface area contributed by atoms with Gasteiger partial charge in [-0.3, -0.25) is 0 Å². The largest absolute Gasteiger partial charge is 0.632 e. The van der Waals surface area contributed by atoms with E-state index in [0.29, 0.717) is 19.6 Å². The number of nitrogens with zero attached hydrogens (tertiary/aromatic N) is 1. The van der Waals surface area contributed by atoms with Crippen LogP contribution in [0.5, 0.6) is 0 Å². The average Bonchev–Trinajstić information content (AvgIpc) is 2.42. The number of esters is 1. The lowest BCUT2D eigenvalue weighted by Crippen LogP contribution is -2.61. The van der Waals surface area contributed by atoms with Gasteiger partial charge in [0.05, 0.1) is 6.54 Å². The minimum absolute atomic E-state index is 0.0739. The third-order valence-corrected chi connectivity index (χ3v) is 3.00. The summed E-state index contributed by atoms with van der Waals surface area (Å²) in [6.07, 6.45) is 1.56. The molecule has 2 heterocycles. The predicted octanol–water partition coefficient (Wildman–Crippen LogP) is 0.409. The number of rotatable bonds is 0. The molecule has 2 aliphatic rings. The molecule has 12 heavy (non-hydrogen) atoms. The van der Waals surface area contributed by atoms with Gasteiger partial charge in [-0.2, -0.15) is 0 Å². The van der Waals surface area contributed by atoms with Crippen LogP contribution in [0.4, 0.5) is 0 Å². The molecule has 0 spiro atoms. The van der Waals surface area contributed by atoms with E-state index in [1.807, 2.05) is 6.92 Å². The van der Waals surface area contributed by atoms with Gasteiger partial charge in [-0.1, -0.05) is 0 Å². The summed E-state index contributed by atoms with van der Waals surface area (Å²) in [6, 6.07) is -0.496. The summed E-state index contributed by atoms with van der Waals surface area (Å²) in [5, 5.41) is 12.1. The van der Waals surface area contributed by atoms with Gasteiger partial charge in [0.2, 0.25) is 0 Å². The highest BCUT2D eigenvalue weighted by Gasteiger charge is 2.48. The molecule has 2 fully saturated rings. The zero-order valence-electron chi connectivity index (χ0n) is 7.16. The number of morpholine rings is 1. The first-order valence-electron chi connectivity index (χ1n) is 4.39. The Kier molecular flexibility index (Phi) is 1.63. The lowest BCUT2D eigenvalue weighted by atomic mass is 10.1. The SMILES string of the molecule is C[C@H]1COC(=O)[C@@H]2CCC[N@+]12[O-]. The standard InChI is InChI=1S/C8H13NO3/c1-6-5-12-8(10)7-3-2-4-9(6,7)11/h6-7H,2-5H2,1H3/t6-,7-,9-/m0/s1. The minimum atomic E-state index is -0.422. The summed E-state index contributed by atoms with van der Waals surface area (Å²) in [6.45, 7) is 2.73. The third-order valence-electron chi connectivity index (χ3n) is 3.00. The molecule has 0 aliphatic carbocycles. The quantitative estimate of drug-likeness (QED) is 0.301. The Morgan fingerprint density at radius 2 is 2.42 bits per heavy atom. The zero-order chi connectivity index (χ0) is 8.77. The topological polar surface area (TPSA) is 49.4 Å². The van der Waals surface area contributed by atoms with Gasteiger partial charge >= 0.3 is 5.97 Å². The van der Waals surface area contributed by atoms with Crippen molar-refractivity contribution < 1.29 is 14.2 Å². The summed E-state index contributed by atoms with van der Waals surface area (Å²) < 4.78 is 4.58. The monoisotopic (exact) mass is 171 g/mol. The van der Waals surface area contributed by atoms with Crippen LogP contribution in [0.2, 0.25) is 0 Å². The summed E-state index contributed by atoms with van der Waals surface area (Å²) in [5.41, 5.74) is 0. The molecule has 4 nitrogen and oxygen atoms in total. The number of cyclic esters (lactones) is 1. The van der Waals surface area contributed by atoms with Crippen LogP contribution < -0.4 is 0 Å². The Morgan fingerprint density at radius 1 is 1.67 bits per heavy atom. The zero-order valence-corrected chi connectivity index (χ0v) is 7.16. The molecule has 4 heteroatoms. The summed E-state index contributed by atoms with van der Waals surface area (Å²) >= 11 is 0. The highest BCUT2D eigenvalue weighted by atomic mass is 16.6. The van der Waals surface area contributed by atoms with Gasteiger partial charge < -0.3 is 14.6 Å². The van der Waals surface area contributed by atoms with Gasteiger partial charge in [0.25, 0.3) is 0 Å². The molecule has 0 aromatic heterocycles. The number of carbonyl (C=O) groups excluding carboxylic acids is 1. The van der Waals surface area contributed by atoms with Crippen molar-refractivity contribution in [2.45, 2.75) is 31.8 Å². The number of hydroxylamine groups is 3. The van der Waals surface area contributed by atoms with Gasteiger partial charge in [0.1, 0.15) is 12.6 Å². The van der Waals surface area contributed by atoms with Crippen molar-refractivity contribution in [3.05, 3.63) is 5.21 Å². The second-order valence-corrected chi connectivity index (χ2v) is 3.71. The van der Waals surface area contributed by atoms with Crippen LogP contribution in [0.3, 0.4) is 0 Å². The van der Waals surface area contributed by atoms with Crippen molar-refractivity contribution in [2.75, 3.05) is 13.2 Å². The fraction of sp³-hybridized carbons (Fsp3) is 0.875. The molecular weight excluding hydrogens is 158 g/mol. The van der Waals surface area contributed by atoms with E-state index in [9.17, 15) is 10.0 Å². The van der Waals surface area contributed by atoms with Gasteiger partial charge in [-0.15, -0.1) is 0 Å². The molecule has 2 rings (SSSR count). The second-order valence-electron chi connectivity index (χ2n) is 3.71. The number of ether oxygens (including phenoxy) is 1. The van der Waals surface area contributed by atoms with E-state index in [1.165, 1.54) is 0 Å². The molecule has 0 unspecified atom stereocenters. The molecule has 0 aromatic rings. The average molecular weight is 171 g/mol. The van der Waals surface area contributed by atoms with Gasteiger partial charge in [-0.25, -0.2) is 4.79 Å². The van der Waals surface area contributed by atoms with E-state index in [4.69, 9.17) is 4.74 Å². The van der Waals surface area contributed by atoms with Gasteiger partial charge in [0, 0.05) is 12.8 Å². The third kappa shape index (κ3) is 0.881.